The van der Waals surface area contributed by atoms with Crippen molar-refractivity contribution in [2.45, 2.75) is 45.3 Å². The van der Waals surface area contributed by atoms with E-state index in [1.54, 1.807) is 15.8 Å². The van der Waals surface area contributed by atoms with Gasteiger partial charge in [-0.1, -0.05) is 0 Å². The Morgan fingerprint density at radius 2 is 2.14 bits per heavy atom. The number of halogens is 1. The topological polar surface area (TPSA) is 90.5 Å². The third-order valence-electron chi connectivity index (χ3n) is 3.37. The molecule has 2 rings (SSSR count). The molecule has 1 saturated heterocycles. The molecule has 122 valence electrons. The molecule has 1 aromatic heterocycles. The van der Waals surface area contributed by atoms with Crippen LogP contribution in [0.25, 0.3) is 0 Å². The van der Waals surface area contributed by atoms with Crippen LogP contribution in [0.5, 0.6) is 0 Å². The first-order valence-corrected chi connectivity index (χ1v) is 8.27. The molecule has 0 saturated carbocycles. The molecule has 0 radical (unpaired) electrons. The highest BCUT2D eigenvalue weighted by atomic mass is 127. The Morgan fingerprint density at radius 3 is 2.68 bits per heavy atom. The summed E-state index contributed by atoms with van der Waals surface area (Å²) in [5.74, 6) is -0.490. The Labute approximate surface area is 143 Å². The normalized spacial score (nSPS) is 19.1. The molecule has 7 nitrogen and oxygen atoms in total. The van der Waals surface area contributed by atoms with Gasteiger partial charge < -0.3 is 15.4 Å². The van der Waals surface area contributed by atoms with Crippen LogP contribution >= 0.6 is 22.6 Å². The lowest BCUT2D eigenvalue weighted by Crippen LogP contribution is -2.43. The molecule has 1 fully saturated rings. The Balaban J connectivity index is 2.09. The molecule has 2 N–H and O–H groups in total. The Morgan fingerprint density at radius 1 is 1.45 bits per heavy atom. The van der Waals surface area contributed by atoms with Gasteiger partial charge in [-0.25, -0.2) is 4.79 Å². The number of primary amides is 1. The molecule has 2 amide bonds. The molecule has 0 unspecified atom stereocenters. The summed E-state index contributed by atoms with van der Waals surface area (Å²) in [6.07, 6.45) is 3.11. The van der Waals surface area contributed by atoms with Crippen molar-refractivity contribution in [2.24, 2.45) is 5.73 Å². The van der Waals surface area contributed by atoms with Crippen LogP contribution in [-0.2, 0) is 4.74 Å². The van der Waals surface area contributed by atoms with E-state index < -0.39 is 11.5 Å². The number of likely N-dealkylation sites (tertiary alicyclic amines) is 1. The molecule has 0 bridgehead atoms. The summed E-state index contributed by atoms with van der Waals surface area (Å²) < 4.78 is 7.73. The van der Waals surface area contributed by atoms with Crippen molar-refractivity contribution in [2.75, 3.05) is 13.1 Å². The van der Waals surface area contributed by atoms with Gasteiger partial charge in [0, 0.05) is 19.3 Å². The zero-order valence-electron chi connectivity index (χ0n) is 13.0. The second kappa shape index (κ2) is 6.43. The predicted octanol–water partition coefficient (Wildman–Crippen LogP) is 2.16. The van der Waals surface area contributed by atoms with Crippen molar-refractivity contribution >= 4 is 34.6 Å². The number of hydrogen-bond acceptors (Lipinski definition) is 4. The minimum absolute atomic E-state index is 0.0304. The molecule has 1 aliphatic heterocycles. The van der Waals surface area contributed by atoms with Gasteiger partial charge >= 0.3 is 6.09 Å². The fraction of sp³-hybridized carbons (Fsp3) is 0.643. The Bertz CT molecular complexity index is 579. The average molecular weight is 420 g/mol. The number of carbonyl (C=O) groups excluding carboxylic acids is 2. The van der Waals surface area contributed by atoms with Crippen LogP contribution in [0.1, 0.15) is 50.0 Å². The smallest absolute Gasteiger partial charge is 0.410 e. The van der Waals surface area contributed by atoms with Gasteiger partial charge in [-0.15, -0.1) is 0 Å². The molecule has 0 aromatic carbocycles. The fourth-order valence-corrected chi connectivity index (χ4v) is 3.04. The number of piperidine rings is 1. The van der Waals surface area contributed by atoms with Crippen molar-refractivity contribution in [1.82, 2.24) is 14.7 Å². The first kappa shape index (κ1) is 17.0. The van der Waals surface area contributed by atoms with Crippen LogP contribution in [0.4, 0.5) is 4.79 Å². The number of aromatic nitrogens is 2. The monoisotopic (exact) mass is 420 g/mol. The van der Waals surface area contributed by atoms with Gasteiger partial charge in [0.05, 0.1) is 11.6 Å². The highest BCUT2D eigenvalue weighted by Gasteiger charge is 2.29. The van der Waals surface area contributed by atoms with E-state index in [-0.39, 0.29) is 12.1 Å². The molecular weight excluding hydrogens is 399 g/mol. The summed E-state index contributed by atoms with van der Waals surface area (Å²) >= 11 is 1.99. The summed E-state index contributed by atoms with van der Waals surface area (Å²) in [6, 6.07) is 0.0304. The Kier molecular flexibility index (Phi) is 4.98. The minimum Gasteiger partial charge on any atom is -0.444 e. The number of nitrogens with zero attached hydrogens (tertiary/aromatic N) is 3. The molecular formula is C14H21IN4O3. The molecule has 1 aromatic rings. The lowest BCUT2D eigenvalue weighted by atomic mass is 10.1. The van der Waals surface area contributed by atoms with Crippen molar-refractivity contribution in [3.63, 3.8) is 0 Å². The first-order chi connectivity index (χ1) is 10.2. The summed E-state index contributed by atoms with van der Waals surface area (Å²) in [4.78, 5) is 25.2. The van der Waals surface area contributed by atoms with Crippen LogP contribution in [0.2, 0.25) is 0 Å². The van der Waals surface area contributed by atoms with E-state index >= 15 is 0 Å². The number of ether oxygens (including phenoxy) is 1. The molecule has 0 aliphatic carbocycles. The van der Waals surface area contributed by atoms with Crippen molar-refractivity contribution in [3.8, 4) is 0 Å². The van der Waals surface area contributed by atoms with Crippen molar-refractivity contribution < 1.29 is 14.3 Å². The van der Waals surface area contributed by atoms with E-state index in [2.05, 4.69) is 5.10 Å². The second-order valence-electron chi connectivity index (χ2n) is 6.40. The molecule has 1 atom stereocenters. The van der Waals surface area contributed by atoms with Gasteiger partial charge in [0.15, 0.2) is 0 Å². The van der Waals surface area contributed by atoms with E-state index in [1.807, 2.05) is 43.4 Å². The maximum Gasteiger partial charge on any atom is 0.410 e. The van der Waals surface area contributed by atoms with Crippen LogP contribution in [0.3, 0.4) is 0 Å². The fourth-order valence-electron chi connectivity index (χ4n) is 2.38. The highest BCUT2D eigenvalue weighted by molar-refractivity contribution is 14.1. The Hall–Kier alpha value is -1.32. The zero-order valence-corrected chi connectivity index (χ0v) is 15.2. The van der Waals surface area contributed by atoms with Gasteiger partial charge in [0.2, 0.25) is 0 Å². The SMILES string of the molecule is CC(C)(C)OC(=O)N1CCC[C@@H](n2cc(C(N)=O)c(I)n2)C1. The van der Waals surface area contributed by atoms with E-state index in [9.17, 15) is 9.59 Å². The summed E-state index contributed by atoms with van der Waals surface area (Å²) in [5, 5.41) is 4.35. The number of hydrogen-bond donors (Lipinski definition) is 1. The van der Waals surface area contributed by atoms with E-state index in [0.717, 1.165) is 12.8 Å². The van der Waals surface area contributed by atoms with Crippen molar-refractivity contribution in [1.29, 1.82) is 0 Å². The van der Waals surface area contributed by atoms with E-state index in [1.165, 1.54) is 0 Å². The van der Waals surface area contributed by atoms with Crippen LogP contribution < -0.4 is 5.73 Å². The maximum absolute atomic E-state index is 12.2. The lowest BCUT2D eigenvalue weighted by molar-refractivity contribution is 0.0167. The summed E-state index contributed by atoms with van der Waals surface area (Å²) in [6.45, 7) is 6.74. The van der Waals surface area contributed by atoms with E-state index in [4.69, 9.17) is 10.5 Å². The lowest BCUT2D eigenvalue weighted by Gasteiger charge is -2.34. The van der Waals surface area contributed by atoms with Crippen LogP contribution in [-0.4, -0.2) is 45.4 Å². The molecule has 2 heterocycles. The maximum atomic E-state index is 12.2. The number of amides is 2. The average Bonchev–Trinajstić information content (AvgIpc) is 2.79. The number of rotatable bonds is 2. The van der Waals surface area contributed by atoms with Crippen LogP contribution in [0.15, 0.2) is 6.20 Å². The summed E-state index contributed by atoms with van der Waals surface area (Å²) in [5.41, 5.74) is 5.22. The van der Waals surface area contributed by atoms with Gasteiger partial charge in [-0.2, -0.15) is 5.10 Å². The molecule has 22 heavy (non-hydrogen) atoms. The van der Waals surface area contributed by atoms with Gasteiger partial charge in [0.1, 0.15) is 9.30 Å². The first-order valence-electron chi connectivity index (χ1n) is 7.20. The van der Waals surface area contributed by atoms with Gasteiger partial charge in [-0.3, -0.25) is 9.48 Å². The standard InChI is InChI=1S/C14H21IN4O3/c1-14(2,3)22-13(21)18-6-4-5-9(7-18)19-8-10(12(16)20)11(15)17-19/h8-9H,4-7H2,1-3H3,(H2,16,20)/t9-/m1/s1. The number of carbonyl (C=O) groups is 2. The van der Waals surface area contributed by atoms with Gasteiger partial charge in [-0.05, 0) is 56.2 Å². The second-order valence-corrected chi connectivity index (χ2v) is 7.42. The van der Waals surface area contributed by atoms with Crippen molar-refractivity contribution in [3.05, 3.63) is 15.5 Å². The predicted molar refractivity (Wildman–Crippen MR) is 89.5 cm³/mol. The third kappa shape index (κ3) is 4.11. The molecule has 1 aliphatic rings. The van der Waals surface area contributed by atoms with Gasteiger partial charge in [0.25, 0.3) is 5.91 Å². The summed E-state index contributed by atoms with van der Waals surface area (Å²) in [7, 11) is 0. The van der Waals surface area contributed by atoms with Crippen LogP contribution in [0, 0.1) is 3.70 Å². The quantitative estimate of drug-likeness (QED) is 0.743. The minimum atomic E-state index is -0.510. The highest BCUT2D eigenvalue weighted by Crippen LogP contribution is 2.24. The van der Waals surface area contributed by atoms with E-state index in [0.29, 0.717) is 22.4 Å². The zero-order chi connectivity index (χ0) is 16.5. The third-order valence-corrected chi connectivity index (χ3v) is 4.17. The number of nitrogens with two attached hydrogens (primary N) is 1. The molecule has 0 spiro atoms. The molecule has 8 heteroatoms. The largest absolute Gasteiger partial charge is 0.444 e.